The maximum Gasteiger partial charge on any atom is 0.143 e. The first-order chi connectivity index (χ1) is 6.45. The van der Waals surface area contributed by atoms with Gasteiger partial charge in [0.2, 0.25) is 0 Å². The Kier molecular flexibility index (Phi) is 4.31. The highest BCUT2D eigenvalue weighted by molar-refractivity contribution is 5.69. The van der Waals surface area contributed by atoms with Crippen LogP contribution < -0.4 is 0 Å². The average molecular weight is 191 g/mol. The molecule has 0 radical (unpaired) electrons. The quantitative estimate of drug-likeness (QED) is 0.641. The lowest BCUT2D eigenvalue weighted by atomic mass is 9.90. The van der Waals surface area contributed by atoms with E-state index in [9.17, 15) is 0 Å². The SMILES string of the molecule is CCC(C)(C#N)/C=N/C(C)(C#N)CC. The zero-order valence-corrected chi connectivity index (χ0v) is 9.33. The van der Waals surface area contributed by atoms with Gasteiger partial charge in [-0.25, -0.2) is 0 Å². The van der Waals surface area contributed by atoms with Gasteiger partial charge in [0, 0.05) is 6.21 Å². The lowest BCUT2D eigenvalue weighted by Crippen LogP contribution is -2.22. The van der Waals surface area contributed by atoms with Crippen molar-refractivity contribution in [3.8, 4) is 12.1 Å². The van der Waals surface area contributed by atoms with Gasteiger partial charge in [0.05, 0.1) is 17.6 Å². The Balaban J connectivity index is 4.76. The first-order valence-electron chi connectivity index (χ1n) is 4.84. The van der Waals surface area contributed by atoms with E-state index in [1.165, 1.54) is 0 Å². The van der Waals surface area contributed by atoms with Gasteiger partial charge in [0.15, 0.2) is 0 Å². The van der Waals surface area contributed by atoms with E-state index in [1.54, 1.807) is 13.1 Å². The number of hydrogen-bond donors (Lipinski definition) is 0. The van der Waals surface area contributed by atoms with Crippen LogP contribution in [0.1, 0.15) is 40.5 Å². The van der Waals surface area contributed by atoms with Gasteiger partial charge in [0.25, 0.3) is 0 Å². The molecule has 0 bridgehead atoms. The molecule has 76 valence electrons. The zero-order valence-electron chi connectivity index (χ0n) is 9.33. The van der Waals surface area contributed by atoms with Crippen molar-refractivity contribution < 1.29 is 0 Å². The van der Waals surface area contributed by atoms with Crippen molar-refractivity contribution in [2.75, 3.05) is 0 Å². The van der Waals surface area contributed by atoms with Crippen molar-refractivity contribution in [3.63, 3.8) is 0 Å². The molecule has 0 aliphatic carbocycles. The number of aliphatic imine (C=N–C) groups is 1. The molecule has 0 saturated carbocycles. The van der Waals surface area contributed by atoms with E-state index in [-0.39, 0.29) is 0 Å². The maximum atomic E-state index is 8.90. The van der Waals surface area contributed by atoms with Crippen molar-refractivity contribution in [2.24, 2.45) is 10.4 Å². The van der Waals surface area contributed by atoms with Crippen molar-refractivity contribution in [1.29, 1.82) is 10.5 Å². The van der Waals surface area contributed by atoms with Crippen LogP contribution in [0.15, 0.2) is 4.99 Å². The lowest BCUT2D eigenvalue weighted by molar-refractivity contribution is 0.553. The van der Waals surface area contributed by atoms with E-state index in [0.29, 0.717) is 12.8 Å². The third-order valence-electron chi connectivity index (χ3n) is 2.55. The molecule has 0 N–H and O–H groups in total. The van der Waals surface area contributed by atoms with Crippen LogP contribution in [0.4, 0.5) is 0 Å². The Labute approximate surface area is 86.1 Å². The molecule has 0 spiro atoms. The summed E-state index contributed by atoms with van der Waals surface area (Å²) in [6, 6.07) is 4.33. The second kappa shape index (κ2) is 4.77. The van der Waals surface area contributed by atoms with Crippen LogP contribution in [0.3, 0.4) is 0 Å². The number of nitrogens with zero attached hydrogens (tertiary/aromatic N) is 3. The fraction of sp³-hybridized carbons (Fsp3) is 0.727. The smallest absolute Gasteiger partial charge is 0.143 e. The van der Waals surface area contributed by atoms with Crippen molar-refractivity contribution in [1.82, 2.24) is 0 Å². The third-order valence-corrected chi connectivity index (χ3v) is 2.55. The largest absolute Gasteiger partial charge is 0.274 e. The zero-order chi connectivity index (χ0) is 11.2. The first-order valence-corrected chi connectivity index (χ1v) is 4.84. The summed E-state index contributed by atoms with van der Waals surface area (Å²) in [6.45, 7) is 7.45. The summed E-state index contributed by atoms with van der Waals surface area (Å²) >= 11 is 0. The van der Waals surface area contributed by atoms with E-state index in [4.69, 9.17) is 10.5 Å². The van der Waals surface area contributed by atoms with Crippen LogP contribution in [0, 0.1) is 28.1 Å². The van der Waals surface area contributed by atoms with E-state index < -0.39 is 11.0 Å². The van der Waals surface area contributed by atoms with Crippen LogP contribution in [-0.2, 0) is 0 Å². The molecule has 14 heavy (non-hydrogen) atoms. The molecule has 3 heteroatoms. The van der Waals surface area contributed by atoms with E-state index in [2.05, 4.69) is 17.1 Å². The van der Waals surface area contributed by atoms with Crippen LogP contribution in [0.2, 0.25) is 0 Å². The van der Waals surface area contributed by atoms with Gasteiger partial charge in [-0.1, -0.05) is 13.8 Å². The Bertz CT molecular complexity index is 265. The molecule has 0 fully saturated rings. The summed E-state index contributed by atoms with van der Waals surface area (Å²) in [5.74, 6) is 0. The molecule has 0 rings (SSSR count). The number of rotatable bonds is 4. The molecule has 0 aromatic heterocycles. The summed E-state index contributed by atoms with van der Waals surface area (Å²) in [5.41, 5.74) is -1.24. The van der Waals surface area contributed by atoms with Gasteiger partial charge in [0.1, 0.15) is 5.54 Å². The molecular formula is C11H17N3. The normalized spacial score (nSPS) is 19.3. The van der Waals surface area contributed by atoms with E-state index in [1.807, 2.05) is 20.8 Å². The topological polar surface area (TPSA) is 59.9 Å². The Morgan fingerprint density at radius 1 is 1.14 bits per heavy atom. The molecule has 3 nitrogen and oxygen atoms in total. The minimum absolute atomic E-state index is 0.548. The third kappa shape index (κ3) is 3.18. The van der Waals surface area contributed by atoms with Crippen LogP contribution in [-0.4, -0.2) is 11.8 Å². The van der Waals surface area contributed by atoms with Crippen molar-refractivity contribution in [2.45, 2.75) is 46.1 Å². The summed E-state index contributed by atoms with van der Waals surface area (Å²) in [6.07, 6.45) is 2.98. The molecule has 2 unspecified atom stereocenters. The fourth-order valence-electron chi connectivity index (χ4n) is 0.683. The minimum Gasteiger partial charge on any atom is -0.274 e. The second-order valence-electron chi connectivity index (χ2n) is 3.88. The molecule has 0 amide bonds. The lowest BCUT2D eigenvalue weighted by Gasteiger charge is -2.17. The predicted molar refractivity (Wildman–Crippen MR) is 56.8 cm³/mol. The highest BCUT2D eigenvalue weighted by atomic mass is 14.8. The fourth-order valence-corrected chi connectivity index (χ4v) is 0.683. The van der Waals surface area contributed by atoms with Gasteiger partial charge in [-0.3, -0.25) is 4.99 Å². The Hall–Kier alpha value is -1.35. The summed E-state index contributed by atoms with van der Waals surface area (Å²) in [7, 11) is 0. The molecule has 0 aliphatic rings. The van der Waals surface area contributed by atoms with Gasteiger partial charge >= 0.3 is 0 Å². The highest BCUT2D eigenvalue weighted by Crippen LogP contribution is 2.20. The summed E-state index contributed by atoms with van der Waals surface area (Å²) in [4.78, 5) is 4.20. The average Bonchev–Trinajstić information content (AvgIpc) is 2.25. The van der Waals surface area contributed by atoms with Crippen LogP contribution in [0.25, 0.3) is 0 Å². The van der Waals surface area contributed by atoms with Crippen LogP contribution in [0.5, 0.6) is 0 Å². The second-order valence-corrected chi connectivity index (χ2v) is 3.88. The molecule has 0 aliphatic heterocycles. The maximum absolute atomic E-state index is 8.90. The molecule has 0 saturated heterocycles. The van der Waals surface area contributed by atoms with Gasteiger partial charge in [-0.2, -0.15) is 10.5 Å². The number of nitriles is 2. The van der Waals surface area contributed by atoms with Crippen molar-refractivity contribution in [3.05, 3.63) is 0 Å². The number of hydrogen-bond acceptors (Lipinski definition) is 3. The Morgan fingerprint density at radius 3 is 2.00 bits per heavy atom. The highest BCUT2D eigenvalue weighted by Gasteiger charge is 2.23. The molecule has 2 atom stereocenters. The predicted octanol–water partition coefficient (Wildman–Crippen LogP) is 2.69. The van der Waals surface area contributed by atoms with E-state index in [0.717, 1.165) is 0 Å². The van der Waals surface area contributed by atoms with Crippen LogP contribution >= 0.6 is 0 Å². The van der Waals surface area contributed by atoms with E-state index >= 15 is 0 Å². The van der Waals surface area contributed by atoms with Gasteiger partial charge in [-0.15, -0.1) is 0 Å². The minimum atomic E-state index is -0.687. The Morgan fingerprint density at radius 2 is 1.71 bits per heavy atom. The summed E-state index contributed by atoms with van der Waals surface area (Å²) in [5, 5.41) is 17.8. The van der Waals surface area contributed by atoms with Gasteiger partial charge < -0.3 is 0 Å². The van der Waals surface area contributed by atoms with Gasteiger partial charge in [-0.05, 0) is 26.7 Å². The monoisotopic (exact) mass is 191 g/mol. The molecular weight excluding hydrogens is 174 g/mol. The summed E-state index contributed by atoms with van der Waals surface area (Å²) < 4.78 is 0. The standard InChI is InChI=1S/C11H17N3/c1-5-10(3,7-12)9-14-11(4,6-2)8-13/h9H,5-6H2,1-4H3/b14-9+. The molecule has 0 heterocycles. The molecule has 0 aromatic rings. The first kappa shape index (κ1) is 12.7. The molecule has 0 aromatic carbocycles. The van der Waals surface area contributed by atoms with Crippen molar-refractivity contribution >= 4 is 6.21 Å².